The van der Waals surface area contributed by atoms with Gasteiger partial charge in [0.15, 0.2) is 0 Å². The fourth-order valence-electron chi connectivity index (χ4n) is 5.00. The smallest absolute Gasteiger partial charge is 0.251 e. The first kappa shape index (κ1) is 23.3. The van der Waals surface area contributed by atoms with Crippen molar-refractivity contribution in [1.82, 2.24) is 20.4 Å². The summed E-state index contributed by atoms with van der Waals surface area (Å²) in [7, 11) is 0. The van der Waals surface area contributed by atoms with Gasteiger partial charge in [-0.3, -0.25) is 14.8 Å². The summed E-state index contributed by atoms with van der Waals surface area (Å²) < 4.78 is 0. The van der Waals surface area contributed by atoms with Crippen LogP contribution in [-0.2, 0) is 6.54 Å². The van der Waals surface area contributed by atoms with E-state index >= 15 is 0 Å². The first-order valence-electron chi connectivity index (χ1n) is 12.4. The molecule has 0 radical (unpaired) electrons. The average Bonchev–Trinajstić information content (AvgIpc) is 3.51. The number of rotatable bonds is 7. The van der Waals surface area contributed by atoms with Gasteiger partial charge in [0.05, 0.1) is 11.6 Å². The van der Waals surface area contributed by atoms with Crippen molar-refractivity contribution in [3.63, 3.8) is 0 Å². The lowest BCUT2D eigenvalue weighted by molar-refractivity contribution is 0.0937. The third-order valence-electron chi connectivity index (χ3n) is 6.92. The second-order valence-electron chi connectivity index (χ2n) is 9.66. The highest BCUT2D eigenvalue weighted by Gasteiger charge is 2.18. The number of likely N-dealkylation sites (tertiary alicyclic amines) is 1. The second-order valence-corrected chi connectivity index (χ2v) is 9.66. The van der Waals surface area contributed by atoms with Gasteiger partial charge in [0.1, 0.15) is 0 Å². The Labute approximate surface area is 206 Å². The van der Waals surface area contributed by atoms with E-state index in [-0.39, 0.29) is 11.9 Å². The van der Waals surface area contributed by atoms with Gasteiger partial charge in [0, 0.05) is 29.7 Å². The molecule has 0 saturated carbocycles. The largest absolute Gasteiger partial charge is 0.344 e. The van der Waals surface area contributed by atoms with Crippen LogP contribution >= 0.6 is 0 Å². The number of benzene rings is 3. The molecular formula is C29H33N5O. The molecule has 3 aromatic carbocycles. The van der Waals surface area contributed by atoms with Crippen LogP contribution < -0.4 is 11.1 Å². The molecule has 4 aromatic rings. The zero-order chi connectivity index (χ0) is 24.4. The van der Waals surface area contributed by atoms with E-state index in [1.165, 1.54) is 12.8 Å². The SMILES string of the molecule is Cc1cccc(C(CN)NC(=O)c2cc(CN3CCCC3)cc(-c3ccc4n[nH]c(C)c4c3)c2)c1. The highest BCUT2D eigenvalue weighted by molar-refractivity contribution is 5.96. The Kier molecular flexibility index (Phi) is 6.66. The standard InChI is InChI=1S/C29H33N5O/c1-19-6-5-7-23(12-19)28(17-30)31-29(35)25-14-21(18-34-10-3-4-11-34)13-24(15-25)22-8-9-27-26(16-22)20(2)32-33-27/h5-9,12-16,28H,3-4,10-11,17-18,30H2,1-2H3,(H,31,35)(H,32,33). The molecule has 5 rings (SSSR count). The molecule has 1 atom stereocenters. The maximum Gasteiger partial charge on any atom is 0.251 e. The Hall–Kier alpha value is -3.48. The molecule has 0 spiro atoms. The van der Waals surface area contributed by atoms with Crippen LogP contribution in [0, 0.1) is 13.8 Å². The molecule has 0 bridgehead atoms. The summed E-state index contributed by atoms with van der Waals surface area (Å²) in [5.74, 6) is -0.105. The maximum atomic E-state index is 13.5. The number of hydrogen-bond donors (Lipinski definition) is 3. The number of fused-ring (bicyclic) bond motifs is 1. The first-order valence-corrected chi connectivity index (χ1v) is 12.4. The van der Waals surface area contributed by atoms with E-state index in [4.69, 9.17) is 5.73 Å². The van der Waals surface area contributed by atoms with E-state index in [0.29, 0.717) is 12.1 Å². The molecule has 180 valence electrons. The van der Waals surface area contributed by atoms with Gasteiger partial charge >= 0.3 is 0 Å². The molecule has 1 fully saturated rings. The van der Waals surface area contributed by atoms with E-state index in [2.05, 4.69) is 44.7 Å². The van der Waals surface area contributed by atoms with Crippen molar-refractivity contribution < 1.29 is 4.79 Å². The molecule has 1 aliphatic heterocycles. The number of carbonyl (C=O) groups excluding carboxylic acids is 1. The Morgan fingerprint density at radius 3 is 2.66 bits per heavy atom. The summed E-state index contributed by atoms with van der Waals surface area (Å²) >= 11 is 0. The van der Waals surface area contributed by atoms with Crippen LogP contribution in [0.5, 0.6) is 0 Å². The molecule has 4 N–H and O–H groups in total. The third-order valence-corrected chi connectivity index (χ3v) is 6.92. The lowest BCUT2D eigenvalue weighted by atomic mass is 9.97. The van der Waals surface area contributed by atoms with E-state index < -0.39 is 0 Å². The summed E-state index contributed by atoms with van der Waals surface area (Å²) in [5.41, 5.74) is 14.1. The summed E-state index contributed by atoms with van der Waals surface area (Å²) in [6.45, 7) is 7.47. The van der Waals surface area contributed by atoms with Gasteiger partial charge in [0.2, 0.25) is 0 Å². The number of nitrogens with zero attached hydrogens (tertiary/aromatic N) is 2. The van der Waals surface area contributed by atoms with E-state index in [0.717, 1.165) is 64.0 Å². The van der Waals surface area contributed by atoms with Crippen molar-refractivity contribution in [1.29, 1.82) is 0 Å². The van der Waals surface area contributed by atoms with E-state index in [1.54, 1.807) is 0 Å². The quantitative estimate of drug-likeness (QED) is 0.362. The van der Waals surface area contributed by atoms with Crippen LogP contribution in [-0.4, -0.2) is 40.6 Å². The van der Waals surface area contributed by atoms with Crippen LogP contribution in [0.25, 0.3) is 22.0 Å². The minimum atomic E-state index is -0.238. The molecular weight excluding hydrogens is 434 g/mol. The van der Waals surface area contributed by atoms with Gasteiger partial charge in [0.25, 0.3) is 5.91 Å². The summed E-state index contributed by atoms with van der Waals surface area (Å²) in [6.07, 6.45) is 2.47. The number of aromatic nitrogens is 2. The monoisotopic (exact) mass is 467 g/mol. The zero-order valence-electron chi connectivity index (χ0n) is 20.5. The zero-order valence-corrected chi connectivity index (χ0v) is 20.5. The molecule has 1 saturated heterocycles. The summed E-state index contributed by atoms with van der Waals surface area (Å²) in [4.78, 5) is 15.9. The number of nitrogens with two attached hydrogens (primary N) is 1. The minimum Gasteiger partial charge on any atom is -0.344 e. The topological polar surface area (TPSA) is 87.0 Å². The maximum absolute atomic E-state index is 13.5. The number of aromatic amines is 1. The Balaban J connectivity index is 1.49. The van der Waals surface area contributed by atoms with Crippen LogP contribution in [0.4, 0.5) is 0 Å². The number of carbonyl (C=O) groups is 1. The molecule has 2 heterocycles. The van der Waals surface area contributed by atoms with Crippen molar-refractivity contribution >= 4 is 16.8 Å². The second kappa shape index (κ2) is 10.0. The van der Waals surface area contributed by atoms with Crippen molar-refractivity contribution in [3.05, 3.63) is 88.6 Å². The molecule has 1 amide bonds. The molecule has 35 heavy (non-hydrogen) atoms. The van der Waals surface area contributed by atoms with Crippen LogP contribution in [0.3, 0.4) is 0 Å². The molecule has 0 aliphatic carbocycles. The predicted molar refractivity (Wildman–Crippen MR) is 141 cm³/mol. The highest BCUT2D eigenvalue weighted by atomic mass is 16.1. The number of hydrogen-bond acceptors (Lipinski definition) is 4. The molecule has 1 unspecified atom stereocenters. The summed E-state index contributed by atoms with van der Waals surface area (Å²) in [5, 5.41) is 11.7. The fraction of sp³-hybridized carbons (Fsp3) is 0.310. The van der Waals surface area contributed by atoms with Gasteiger partial charge in [-0.1, -0.05) is 35.9 Å². The van der Waals surface area contributed by atoms with Crippen molar-refractivity contribution in [2.45, 2.75) is 39.3 Å². The average molecular weight is 468 g/mol. The van der Waals surface area contributed by atoms with E-state index in [9.17, 15) is 4.79 Å². The number of amides is 1. The summed E-state index contributed by atoms with van der Waals surface area (Å²) in [6, 6.07) is 20.4. The molecule has 1 aromatic heterocycles. The van der Waals surface area contributed by atoms with Crippen molar-refractivity contribution in [3.8, 4) is 11.1 Å². The van der Waals surface area contributed by atoms with Crippen LogP contribution in [0.1, 0.15) is 51.6 Å². The number of aryl methyl sites for hydroxylation is 2. The first-order chi connectivity index (χ1) is 17.0. The van der Waals surface area contributed by atoms with Crippen LogP contribution in [0.2, 0.25) is 0 Å². The lowest BCUT2D eigenvalue weighted by Crippen LogP contribution is -2.33. The molecule has 1 aliphatic rings. The Bertz CT molecular complexity index is 1350. The number of nitrogens with one attached hydrogen (secondary N) is 2. The fourth-order valence-corrected chi connectivity index (χ4v) is 5.00. The molecule has 6 heteroatoms. The van der Waals surface area contributed by atoms with Gasteiger partial charge in [-0.25, -0.2) is 0 Å². The van der Waals surface area contributed by atoms with Gasteiger partial charge in [-0.2, -0.15) is 5.10 Å². The third kappa shape index (κ3) is 5.14. The Morgan fingerprint density at radius 2 is 1.89 bits per heavy atom. The lowest BCUT2D eigenvalue weighted by Gasteiger charge is -2.20. The normalized spacial score (nSPS) is 14.9. The number of H-pyrrole nitrogens is 1. The Morgan fingerprint density at radius 1 is 1.06 bits per heavy atom. The van der Waals surface area contributed by atoms with Crippen molar-refractivity contribution in [2.24, 2.45) is 5.73 Å². The van der Waals surface area contributed by atoms with Gasteiger partial charge < -0.3 is 11.1 Å². The van der Waals surface area contributed by atoms with Gasteiger partial charge in [-0.05, 0) is 92.4 Å². The van der Waals surface area contributed by atoms with Crippen molar-refractivity contribution in [2.75, 3.05) is 19.6 Å². The molecule has 6 nitrogen and oxygen atoms in total. The van der Waals surface area contributed by atoms with Crippen LogP contribution in [0.15, 0.2) is 60.7 Å². The minimum absolute atomic E-state index is 0.105. The highest BCUT2D eigenvalue weighted by Crippen LogP contribution is 2.28. The predicted octanol–water partition coefficient (Wildman–Crippen LogP) is 4.87. The van der Waals surface area contributed by atoms with Gasteiger partial charge in [-0.15, -0.1) is 0 Å². The van der Waals surface area contributed by atoms with E-state index in [1.807, 2.05) is 50.2 Å².